The van der Waals surface area contributed by atoms with E-state index in [2.05, 4.69) is 138 Å². The number of anilines is 3. The van der Waals surface area contributed by atoms with Gasteiger partial charge < -0.3 is 0 Å². The molecule has 2 nitrogen and oxygen atoms in total. The first-order chi connectivity index (χ1) is 18.8. The van der Waals surface area contributed by atoms with Gasteiger partial charge in [0, 0.05) is 22.2 Å². The molecule has 0 saturated carbocycles. The summed E-state index contributed by atoms with van der Waals surface area (Å²) < 4.78 is 0. The number of hydrogen-bond acceptors (Lipinski definition) is 2. The molecule has 0 amide bonds. The Morgan fingerprint density at radius 3 is 1.71 bits per heavy atom. The van der Waals surface area contributed by atoms with Crippen LogP contribution in [0.15, 0.2) is 140 Å². The van der Waals surface area contributed by atoms with Crippen molar-refractivity contribution in [1.82, 2.24) is 4.98 Å². The molecule has 0 spiro atoms. The number of para-hydroxylation sites is 1. The minimum Gasteiger partial charge on any atom is -0.294 e. The Kier molecular flexibility index (Phi) is 5.37. The first kappa shape index (κ1) is 22.3. The lowest BCUT2D eigenvalue weighted by Crippen LogP contribution is -2.13. The summed E-state index contributed by atoms with van der Waals surface area (Å²) in [4.78, 5) is 7.30. The standard InChI is InChI=1S/C36H26N2/c1-25-13-11-24-34(37-25)38(27-16-3-2-4-17-27)36-32-21-9-7-19-30(32)35(31-20-8-10-22-33(31)36)29-23-12-15-26-14-5-6-18-28(26)29/h2-24H,1H3. The number of hydrogen-bond donors (Lipinski definition) is 0. The summed E-state index contributed by atoms with van der Waals surface area (Å²) >= 11 is 0. The average molecular weight is 487 g/mol. The van der Waals surface area contributed by atoms with Gasteiger partial charge in [-0.1, -0.05) is 115 Å². The average Bonchev–Trinajstić information content (AvgIpc) is 2.97. The molecule has 2 heteroatoms. The Hall–Kier alpha value is -4.95. The van der Waals surface area contributed by atoms with E-state index in [0.29, 0.717) is 0 Å². The van der Waals surface area contributed by atoms with E-state index in [4.69, 9.17) is 4.98 Å². The zero-order valence-corrected chi connectivity index (χ0v) is 21.2. The van der Waals surface area contributed by atoms with Gasteiger partial charge in [0.25, 0.3) is 0 Å². The second-order valence-corrected chi connectivity index (χ2v) is 9.65. The Morgan fingerprint density at radius 1 is 0.474 bits per heavy atom. The molecule has 1 aromatic heterocycles. The maximum absolute atomic E-state index is 4.99. The van der Waals surface area contributed by atoms with Crippen LogP contribution in [0.2, 0.25) is 0 Å². The Balaban J connectivity index is 1.65. The van der Waals surface area contributed by atoms with Gasteiger partial charge in [-0.25, -0.2) is 4.98 Å². The molecule has 0 saturated heterocycles. The second-order valence-electron chi connectivity index (χ2n) is 9.65. The minimum atomic E-state index is 0.907. The number of benzene rings is 6. The molecule has 0 N–H and O–H groups in total. The molecule has 38 heavy (non-hydrogen) atoms. The minimum absolute atomic E-state index is 0.907. The van der Waals surface area contributed by atoms with Crippen LogP contribution in [-0.4, -0.2) is 4.98 Å². The summed E-state index contributed by atoms with van der Waals surface area (Å²) in [7, 11) is 0. The lowest BCUT2D eigenvalue weighted by atomic mass is 9.88. The summed E-state index contributed by atoms with van der Waals surface area (Å²) in [6.45, 7) is 2.05. The molecule has 0 aliphatic carbocycles. The van der Waals surface area contributed by atoms with Crippen LogP contribution < -0.4 is 4.90 Å². The van der Waals surface area contributed by atoms with E-state index in [0.717, 1.165) is 22.9 Å². The quantitative estimate of drug-likeness (QED) is 0.230. The fraction of sp³-hybridized carbons (Fsp3) is 0.0278. The topological polar surface area (TPSA) is 16.1 Å². The van der Waals surface area contributed by atoms with E-state index in [1.165, 1.54) is 43.4 Å². The van der Waals surface area contributed by atoms with Crippen LogP contribution in [0.5, 0.6) is 0 Å². The van der Waals surface area contributed by atoms with Crippen molar-refractivity contribution in [3.63, 3.8) is 0 Å². The van der Waals surface area contributed by atoms with Crippen molar-refractivity contribution in [3.8, 4) is 11.1 Å². The lowest BCUT2D eigenvalue weighted by Gasteiger charge is -2.29. The maximum Gasteiger partial charge on any atom is 0.137 e. The van der Waals surface area contributed by atoms with Crippen molar-refractivity contribution in [3.05, 3.63) is 145 Å². The van der Waals surface area contributed by atoms with Crippen LogP contribution in [-0.2, 0) is 0 Å². The molecular weight excluding hydrogens is 460 g/mol. The van der Waals surface area contributed by atoms with Crippen molar-refractivity contribution in [1.29, 1.82) is 0 Å². The Morgan fingerprint density at radius 2 is 1.03 bits per heavy atom. The first-order valence-electron chi connectivity index (χ1n) is 13.0. The van der Waals surface area contributed by atoms with E-state index < -0.39 is 0 Å². The molecule has 0 fully saturated rings. The zero-order valence-electron chi connectivity index (χ0n) is 21.2. The first-order valence-corrected chi connectivity index (χ1v) is 13.0. The van der Waals surface area contributed by atoms with Crippen LogP contribution >= 0.6 is 0 Å². The zero-order chi connectivity index (χ0) is 25.5. The smallest absolute Gasteiger partial charge is 0.137 e. The van der Waals surface area contributed by atoms with Gasteiger partial charge in [-0.3, -0.25) is 4.90 Å². The van der Waals surface area contributed by atoms with Crippen LogP contribution in [0.3, 0.4) is 0 Å². The van der Waals surface area contributed by atoms with Crippen molar-refractivity contribution in [2.24, 2.45) is 0 Å². The molecule has 0 aliphatic rings. The highest BCUT2D eigenvalue weighted by atomic mass is 15.2. The SMILES string of the molecule is Cc1cccc(N(c2ccccc2)c2c3ccccc3c(-c3cccc4ccccc34)c3ccccc23)n1. The molecule has 0 atom stereocenters. The molecule has 180 valence electrons. The molecular formula is C36H26N2. The Bertz CT molecular complexity index is 1880. The highest BCUT2D eigenvalue weighted by Gasteiger charge is 2.23. The molecule has 0 radical (unpaired) electrons. The van der Waals surface area contributed by atoms with Crippen LogP contribution in [0.1, 0.15) is 5.69 Å². The second kappa shape index (κ2) is 9.17. The van der Waals surface area contributed by atoms with Gasteiger partial charge in [0.2, 0.25) is 0 Å². The van der Waals surface area contributed by atoms with Gasteiger partial charge in [-0.2, -0.15) is 0 Å². The van der Waals surface area contributed by atoms with Crippen LogP contribution in [0, 0.1) is 6.92 Å². The third-order valence-electron chi connectivity index (χ3n) is 7.30. The van der Waals surface area contributed by atoms with E-state index in [1.807, 2.05) is 13.0 Å². The number of pyridine rings is 1. The number of fused-ring (bicyclic) bond motifs is 3. The highest BCUT2D eigenvalue weighted by Crippen LogP contribution is 2.48. The van der Waals surface area contributed by atoms with E-state index >= 15 is 0 Å². The molecule has 0 bridgehead atoms. The summed E-state index contributed by atoms with van der Waals surface area (Å²) in [5, 5.41) is 7.36. The summed E-state index contributed by atoms with van der Waals surface area (Å²) in [6.07, 6.45) is 0. The van der Waals surface area contributed by atoms with Gasteiger partial charge in [0.15, 0.2) is 0 Å². The largest absolute Gasteiger partial charge is 0.294 e. The van der Waals surface area contributed by atoms with E-state index in [9.17, 15) is 0 Å². The number of nitrogens with zero attached hydrogens (tertiary/aromatic N) is 2. The molecule has 1 heterocycles. The van der Waals surface area contributed by atoms with Gasteiger partial charge in [0.1, 0.15) is 5.82 Å². The number of aryl methyl sites for hydroxylation is 1. The Labute approximate surface area is 222 Å². The molecule has 0 aliphatic heterocycles. The fourth-order valence-electron chi connectivity index (χ4n) is 5.69. The monoisotopic (exact) mass is 486 g/mol. The molecule has 7 aromatic rings. The summed E-state index contributed by atoms with van der Waals surface area (Å²) in [5.41, 5.74) is 5.73. The molecule has 0 unspecified atom stereocenters. The fourth-order valence-corrected chi connectivity index (χ4v) is 5.69. The highest BCUT2D eigenvalue weighted by molar-refractivity contribution is 6.24. The van der Waals surface area contributed by atoms with Gasteiger partial charge in [-0.05, 0) is 63.9 Å². The van der Waals surface area contributed by atoms with Crippen molar-refractivity contribution < 1.29 is 0 Å². The van der Waals surface area contributed by atoms with Crippen molar-refractivity contribution in [2.45, 2.75) is 6.92 Å². The van der Waals surface area contributed by atoms with Crippen molar-refractivity contribution >= 4 is 49.5 Å². The van der Waals surface area contributed by atoms with Gasteiger partial charge in [-0.15, -0.1) is 0 Å². The normalized spacial score (nSPS) is 11.3. The van der Waals surface area contributed by atoms with Gasteiger partial charge >= 0.3 is 0 Å². The molecule has 7 rings (SSSR count). The summed E-state index contributed by atoms with van der Waals surface area (Å²) in [6, 6.07) is 49.7. The van der Waals surface area contributed by atoms with E-state index in [-0.39, 0.29) is 0 Å². The predicted molar refractivity (Wildman–Crippen MR) is 162 cm³/mol. The third-order valence-corrected chi connectivity index (χ3v) is 7.30. The number of aromatic nitrogens is 1. The summed E-state index contributed by atoms with van der Waals surface area (Å²) in [5.74, 6) is 0.907. The van der Waals surface area contributed by atoms with E-state index in [1.54, 1.807) is 0 Å². The lowest BCUT2D eigenvalue weighted by molar-refractivity contribution is 1.14. The third kappa shape index (κ3) is 3.62. The van der Waals surface area contributed by atoms with Crippen LogP contribution in [0.4, 0.5) is 17.2 Å². The predicted octanol–water partition coefficient (Wildman–Crippen LogP) is 9.99. The van der Waals surface area contributed by atoms with Crippen molar-refractivity contribution in [2.75, 3.05) is 4.90 Å². The number of rotatable bonds is 4. The maximum atomic E-state index is 4.99. The van der Waals surface area contributed by atoms with Gasteiger partial charge in [0.05, 0.1) is 5.69 Å². The molecule has 6 aromatic carbocycles. The van der Waals surface area contributed by atoms with Crippen LogP contribution in [0.25, 0.3) is 43.4 Å².